The molecule has 2 rings (SSSR count). The summed E-state index contributed by atoms with van der Waals surface area (Å²) in [6, 6.07) is 8.44. The molecule has 0 spiro atoms. The predicted octanol–water partition coefficient (Wildman–Crippen LogP) is 3.60. The molecule has 7 nitrogen and oxygen atoms in total. The van der Waals surface area contributed by atoms with Gasteiger partial charge in [-0.3, -0.25) is 14.9 Å². The van der Waals surface area contributed by atoms with Crippen LogP contribution in [0.3, 0.4) is 0 Å². The van der Waals surface area contributed by atoms with Gasteiger partial charge >= 0.3 is 5.97 Å². The lowest BCUT2D eigenvalue weighted by Gasteiger charge is -2.09. The Kier molecular flexibility index (Phi) is 5.15. The van der Waals surface area contributed by atoms with Crippen molar-refractivity contribution >= 4 is 34.9 Å². The summed E-state index contributed by atoms with van der Waals surface area (Å²) in [5.41, 5.74) is 1.04. The Morgan fingerprint density at radius 2 is 1.92 bits per heavy atom. The summed E-state index contributed by atoms with van der Waals surface area (Å²) in [5.74, 6) is -1.09. The number of aryl methyl sites for hydroxylation is 1. The minimum absolute atomic E-state index is 0.0639. The topological polar surface area (TPSA) is 98.5 Å². The fourth-order valence-electron chi connectivity index (χ4n) is 2.07. The number of benzene rings is 2. The SMILES string of the molecule is COC(=O)c1cc(NC(=O)c2ccc([N+](=O)[O-])c(C)c2)ccc1Cl. The highest BCUT2D eigenvalue weighted by atomic mass is 35.5. The van der Waals surface area contributed by atoms with Crippen molar-refractivity contribution in [2.75, 3.05) is 12.4 Å². The number of nitro groups is 1. The monoisotopic (exact) mass is 348 g/mol. The number of carbonyl (C=O) groups excluding carboxylic acids is 2. The van der Waals surface area contributed by atoms with Gasteiger partial charge in [0.1, 0.15) is 0 Å². The molecular weight excluding hydrogens is 336 g/mol. The molecule has 2 aromatic rings. The standard InChI is InChI=1S/C16H13ClN2O5/c1-9-7-10(3-6-14(9)19(22)23)15(20)18-11-4-5-13(17)12(8-11)16(21)24-2/h3-8H,1-2H3,(H,18,20). The van der Waals surface area contributed by atoms with Crippen molar-refractivity contribution in [1.29, 1.82) is 0 Å². The average Bonchev–Trinajstić information content (AvgIpc) is 2.55. The number of amides is 1. The smallest absolute Gasteiger partial charge is 0.339 e. The van der Waals surface area contributed by atoms with Gasteiger partial charge in [0, 0.05) is 22.9 Å². The summed E-state index contributed by atoms with van der Waals surface area (Å²) in [6.07, 6.45) is 0. The molecule has 0 aliphatic carbocycles. The first-order valence-corrected chi connectivity index (χ1v) is 7.15. The van der Waals surface area contributed by atoms with Crippen molar-refractivity contribution in [3.63, 3.8) is 0 Å². The fraction of sp³-hybridized carbons (Fsp3) is 0.125. The highest BCUT2D eigenvalue weighted by molar-refractivity contribution is 6.33. The molecule has 8 heteroatoms. The third-order valence-electron chi connectivity index (χ3n) is 3.29. The van der Waals surface area contributed by atoms with Gasteiger partial charge in [0.05, 0.1) is 22.6 Å². The van der Waals surface area contributed by atoms with Crippen LogP contribution < -0.4 is 5.32 Å². The van der Waals surface area contributed by atoms with Crippen LogP contribution >= 0.6 is 11.6 Å². The van der Waals surface area contributed by atoms with E-state index in [2.05, 4.69) is 10.1 Å². The maximum Gasteiger partial charge on any atom is 0.339 e. The molecule has 0 saturated heterocycles. The van der Waals surface area contributed by atoms with Crippen LogP contribution in [-0.4, -0.2) is 23.9 Å². The number of ether oxygens (including phenoxy) is 1. The van der Waals surface area contributed by atoms with Crippen LogP contribution in [0.5, 0.6) is 0 Å². The van der Waals surface area contributed by atoms with Crippen LogP contribution in [0.4, 0.5) is 11.4 Å². The molecule has 0 fully saturated rings. The Morgan fingerprint density at radius 3 is 2.50 bits per heavy atom. The second-order valence-electron chi connectivity index (χ2n) is 4.90. The lowest BCUT2D eigenvalue weighted by atomic mass is 10.1. The number of rotatable bonds is 4. The summed E-state index contributed by atoms with van der Waals surface area (Å²) in [5, 5.41) is 13.6. The first-order valence-electron chi connectivity index (χ1n) is 6.77. The van der Waals surface area contributed by atoms with E-state index in [9.17, 15) is 19.7 Å². The maximum atomic E-state index is 12.3. The van der Waals surface area contributed by atoms with E-state index in [-0.39, 0.29) is 21.8 Å². The molecule has 0 heterocycles. The Hall–Kier alpha value is -2.93. The Balaban J connectivity index is 2.25. The zero-order valence-corrected chi connectivity index (χ0v) is 13.6. The number of hydrogen-bond donors (Lipinski definition) is 1. The van der Waals surface area contributed by atoms with Gasteiger partial charge in [0.15, 0.2) is 0 Å². The largest absolute Gasteiger partial charge is 0.465 e. The third-order valence-corrected chi connectivity index (χ3v) is 3.61. The van der Waals surface area contributed by atoms with Crippen molar-refractivity contribution in [1.82, 2.24) is 0 Å². The molecule has 0 aliphatic heterocycles. The number of carbonyl (C=O) groups is 2. The van der Waals surface area contributed by atoms with Gasteiger partial charge in [0.25, 0.3) is 11.6 Å². The van der Waals surface area contributed by atoms with Gasteiger partial charge in [-0.15, -0.1) is 0 Å². The van der Waals surface area contributed by atoms with Crippen molar-refractivity contribution < 1.29 is 19.2 Å². The molecule has 24 heavy (non-hydrogen) atoms. The van der Waals surface area contributed by atoms with E-state index in [1.807, 2.05) is 0 Å². The zero-order valence-electron chi connectivity index (χ0n) is 12.8. The van der Waals surface area contributed by atoms with E-state index in [1.54, 1.807) is 6.92 Å². The number of hydrogen-bond acceptors (Lipinski definition) is 5. The molecule has 0 aliphatic rings. The molecule has 1 N–H and O–H groups in total. The van der Waals surface area contributed by atoms with Gasteiger partial charge < -0.3 is 10.1 Å². The van der Waals surface area contributed by atoms with Crippen LogP contribution in [0.2, 0.25) is 5.02 Å². The third kappa shape index (κ3) is 3.69. The van der Waals surface area contributed by atoms with Crippen molar-refractivity contribution in [3.05, 3.63) is 68.2 Å². The Labute approximate surface area is 142 Å². The summed E-state index contributed by atoms with van der Waals surface area (Å²) < 4.78 is 4.61. The molecule has 2 aromatic carbocycles. The molecule has 0 radical (unpaired) electrons. The van der Waals surface area contributed by atoms with Gasteiger partial charge in [-0.1, -0.05) is 11.6 Å². The maximum absolute atomic E-state index is 12.3. The number of nitro benzene ring substituents is 1. The van der Waals surface area contributed by atoms with Crippen LogP contribution in [-0.2, 0) is 4.74 Å². The number of nitrogens with one attached hydrogen (secondary N) is 1. The Morgan fingerprint density at radius 1 is 1.21 bits per heavy atom. The minimum Gasteiger partial charge on any atom is -0.465 e. The quantitative estimate of drug-likeness (QED) is 0.517. The van der Waals surface area contributed by atoms with Crippen LogP contribution in [0.1, 0.15) is 26.3 Å². The van der Waals surface area contributed by atoms with Gasteiger partial charge in [-0.25, -0.2) is 4.79 Å². The van der Waals surface area contributed by atoms with Gasteiger partial charge in [0.2, 0.25) is 0 Å². The van der Waals surface area contributed by atoms with E-state index in [1.165, 1.54) is 43.5 Å². The Bertz CT molecular complexity index is 835. The number of methoxy groups -OCH3 is 1. The predicted molar refractivity (Wildman–Crippen MR) is 88.6 cm³/mol. The summed E-state index contributed by atoms with van der Waals surface area (Å²) in [6.45, 7) is 1.55. The molecule has 0 unspecified atom stereocenters. The summed E-state index contributed by atoms with van der Waals surface area (Å²) in [4.78, 5) is 34.1. The average molecular weight is 349 g/mol. The van der Waals surface area contributed by atoms with E-state index in [0.717, 1.165) is 0 Å². The number of anilines is 1. The van der Waals surface area contributed by atoms with E-state index in [4.69, 9.17) is 11.6 Å². The zero-order chi connectivity index (χ0) is 17.9. The molecule has 0 saturated carbocycles. The van der Waals surface area contributed by atoms with Crippen molar-refractivity contribution in [2.45, 2.75) is 6.92 Å². The summed E-state index contributed by atoms with van der Waals surface area (Å²) in [7, 11) is 1.23. The van der Waals surface area contributed by atoms with E-state index in [0.29, 0.717) is 11.3 Å². The lowest BCUT2D eigenvalue weighted by molar-refractivity contribution is -0.385. The molecule has 0 bridgehead atoms. The molecule has 124 valence electrons. The summed E-state index contributed by atoms with van der Waals surface area (Å²) >= 11 is 5.91. The van der Waals surface area contributed by atoms with Crippen molar-refractivity contribution in [3.8, 4) is 0 Å². The highest BCUT2D eigenvalue weighted by Crippen LogP contribution is 2.23. The minimum atomic E-state index is -0.623. The highest BCUT2D eigenvalue weighted by Gasteiger charge is 2.16. The lowest BCUT2D eigenvalue weighted by Crippen LogP contribution is -2.13. The second kappa shape index (κ2) is 7.10. The molecule has 0 atom stereocenters. The van der Waals surface area contributed by atoms with Crippen LogP contribution in [0, 0.1) is 17.0 Å². The van der Waals surface area contributed by atoms with E-state index < -0.39 is 16.8 Å². The van der Waals surface area contributed by atoms with E-state index >= 15 is 0 Å². The number of nitrogens with zero attached hydrogens (tertiary/aromatic N) is 1. The molecule has 1 amide bonds. The second-order valence-corrected chi connectivity index (χ2v) is 5.31. The molecule has 0 aromatic heterocycles. The first kappa shape index (κ1) is 17.4. The van der Waals surface area contributed by atoms with Crippen molar-refractivity contribution in [2.24, 2.45) is 0 Å². The van der Waals surface area contributed by atoms with Crippen LogP contribution in [0.15, 0.2) is 36.4 Å². The van der Waals surface area contributed by atoms with Crippen LogP contribution in [0.25, 0.3) is 0 Å². The number of halogens is 1. The molecular formula is C16H13ClN2O5. The number of esters is 1. The first-order chi connectivity index (χ1) is 11.3. The normalized spacial score (nSPS) is 10.1. The fourth-order valence-corrected chi connectivity index (χ4v) is 2.27. The van der Waals surface area contributed by atoms with Gasteiger partial charge in [-0.2, -0.15) is 0 Å². The van der Waals surface area contributed by atoms with Gasteiger partial charge in [-0.05, 0) is 37.3 Å².